The highest BCUT2D eigenvalue weighted by atomic mass is 15.2. The summed E-state index contributed by atoms with van der Waals surface area (Å²) in [6.07, 6.45) is 2.40. The summed E-state index contributed by atoms with van der Waals surface area (Å²) in [7, 11) is 4.26. The van der Waals surface area contributed by atoms with Crippen LogP contribution in [-0.4, -0.2) is 50.1 Å². The van der Waals surface area contributed by atoms with Crippen molar-refractivity contribution in [2.24, 2.45) is 0 Å². The summed E-state index contributed by atoms with van der Waals surface area (Å²) in [4.78, 5) is 4.76. The number of piperidine rings is 1. The van der Waals surface area contributed by atoms with Gasteiger partial charge in [0.1, 0.15) is 0 Å². The summed E-state index contributed by atoms with van der Waals surface area (Å²) in [5.74, 6) is 0. The van der Waals surface area contributed by atoms with Crippen LogP contribution in [0.25, 0.3) is 0 Å². The molecule has 1 heterocycles. The highest BCUT2D eigenvalue weighted by Gasteiger charge is 2.11. The minimum Gasteiger partial charge on any atom is -0.308 e. The van der Waals surface area contributed by atoms with E-state index in [4.69, 9.17) is 0 Å². The fourth-order valence-corrected chi connectivity index (χ4v) is 1.43. The number of likely N-dealkylation sites (N-methyl/N-ethyl adjacent to an activating group) is 1. The van der Waals surface area contributed by atoms with Crippen LogP contribution in [0, 0.1) is 0 Å². The summed E-state index contributed by atoms with van der Waals surface area (Å²) in [6, 6.07) is 0. The predicted octanol–water partition coefficient (Wildman–Crippen LogP) is 1.20. The van der Waals surface area contributed by atoms with Gasteiger partial charge in [0.05, 0.1) is 0 Å². The molecule has 0 amide bonds. The molecule has 12 heavy (non-hydrogen) atoms. The molecule has 0 N–H and O–H groups in total. The van der Waals surface area contributed by atoms with Gasteiger partial charge < -0.3 is 9.80 Å². The van der Waals surface area contributed by atoms with Gasteiger partial charge in [0.2, 0.25) is 0 Å². The number of hydrogen-bond acceptors (Lipinski definition) is 2. The summed E-state index contributed by atoms with van der Waals surface area (Å²) >= 11 is 0. The second-order valence-corrected chi connectivity index (χ2v) is 3.89. The van der Waals surface area contributed by atoms with Crippen molar-refractivity contribution in [3.05, 3.63) is 12.2 Å². The Morgan fingerprint density at radius 3 is 2.42 bits per heavy atom. The molecular weight excluding hydrogens is 148 g/mol. The van der Waals surface area contributed by atoms with Gasteiger partial charge in [-0.3, -0.25) is 0 Å². The van der Waals surface area contributed by atoms with Gasteiger partial charge in [-0.15, -0.1) is 0 Å². The van der Waals surface area contributed by atoms with E-state index in [1.165, 1.54) is 44.6 Å². The molecule has 0 unspecified atom stereocenters. The van der Waals surface area contributed by atoms with Crippen LogP contribution in [-0.2, 0) is 0 Å². The molecule has 1 fully saturated rings. The van der Waals surface area contributed by atoms with E-state index in [9.17, 15) is 0 Å². The lowest BCUT2D eigenvalue weighted by atomic mass is 10.1. The lowest BCUT2D eigenvalue weighted by Crippen LogP contribution is -2.35. The fourth-order valence-electron chi connectivity index (χ4n) is 1.43. The zero-order valence-electron chi connectivity index (χ0n) is 8.34. The molecule has 2 heteroatoms. The van der Waals surface area contributed by atoms with Gasteiger partial charge in [-0.25, -0.2) is 0 Å². The number of likely N-dealkylation sites (tertiary alicyclic amines) is 1. The minimum absolute atomic E-state index is 1.17. The summed E-state index contributed by atoms with van der Waals surface area (Å²) in [5.41, 5.74) is 1.43. The molecule has 0 aliphatic carbocycles. The van der Waals surface area contributed by atoms with E-state index in [0.29, 0.717) is 0 Å². The lowest BCUT2D eigenvalue weighted by Gasteiger charge is -2.28. The Balaban J connectivity index is 2.13. The van der Waals surface area contributed by atoms with Gasteiger partial charge in [-0.2, -0.15) is 0 Å². The molecule has 0 bridgehead atoms. The topological polar surface area (TPSA) is 6.48 Å². The Hall–Kier alpha value is -0.340. The highest BCUT2D eigenvalue weighted by molar-refractivity contribution is 4.98. The number of rotatable bonds is 3. The van der Waals surface area contributed by atoms with Crippen molar-refractivity contribution in [1.29, 1.82) is 0 Å². The number of hydrogen-bond donors (Lipinski definition) is 0. The second-order valence-electron chi connectivity index (χ2n) is 3.89. The van der Waals surface area contributed by atoms with E-state index >= 15 is 0 Å². The third-order valence-electron chi connectivity index (χ3n) is 2.43. The largest absolute Gasteiger partial charge is 0.308 e. The Bertz CT molecular complexity index is 142. The first-order chi connectivity index (χ1) is 5.68. The van der Waals surface area contributed by atoms with Gasteiger partial charge >= 0.3 is 0 Å². The average Bonchev–Trinajstić information content (AvgIpc) is 2.03. The Labute approximate surface area is 75.8 Å². The van der Waals surface area contributed by atoms with E-state index in [1.54, 1.807) is 0 Å². The van der Waals surface area contributed by atoms with Crippen LogP contribution in [0.4, 0.5) is 0 Å². The molecule has 0 aromatic carbocycles. The van der Waals surface area contributed by atoms with Crippen LogP contribution >= 0.6 is 0 Å². The van der Waals surface area contributed by atoms with Crippen LogP contribution in [0.5, 0.6) is 0 Å². The zero-order chi connectivity index (χ0) is 8.97. The summed E-state index contributed by atoms with van der Waals surface area (Å²) in [5, 5.41) is 0. The highest BCUT2D eigenvalue weighted by Crippen LogP contribution is 2.12. The molecule has 1 aliphatic rings. The number of nitrogens with zero attached hydrogens (tertiary/aromatic N) is 2. The van der Waals surface area contributed by atoms with Crippen molar-refractivity contribution in [2.45, 2.75) is 12.8 Å². The van der Waals surface area contributed by atoms with Gasteiger partial charge in [0.25, 0.3) is 0 Å². The monoisotopic (exact) mass is 168 g/mol. The predicted molar refractivity (Wildman–Crippen MR) is 53.4 cm³/mol. The molecule has 0 aromatic heterocycles. The quantitative estimate of drug-likeness (QED) is 0.584. The summed E-state index contributed by atoms with van der Waals surface area (Å²) in [6.45, 7) is 8.82. The first-order valence-electron chi connectivity index (χ1n) is 4.72. The SMILES string of the molecule is C=C1CCN(CCN(C)C)CC1. The molecule has 70 valence electrons. The molecule has 1 saturated heterocycles. The normalized spacial score (nSPS) is 20.4. The standard InChI is InChI=1S/C10H20N2/c1-10-4-6-12(7-5-10)9-8-11(2)3/h1,4-9H2,2-3H3. The van der Waals surface area contributed by atoms with Crippen molar-refractivity contribution in [3.63, 3.8) is 0 Å². The van der Waals surface area contributed by atoms with Crippen molar-refractivity contribution >= 4 is 0 Å². The van der Waals surface area contributed by atoms with Gasteiger partial charge in [0.15, 0.2) is 0 Å². The maximum absolute atomic E-state index is 4.01. The Kier molecular flexibility index (Phi) is 3.76. The molecule has 0 spiro atoms. The molecule has 1 aliphatic heterocycles. The third-order valence-corrected chi connectivity index (χ3v) is 2.43. The fraction of sp³-hybridized carbons (Fsp3) is 0.800. The molecular formula is C10H20N2. The molecule has 0 saturated carbocycles. The molecule has 0 aromatic rings. The molecule has 0 atom stereocenters. The Morgan fingerprint density at radius 2 is 1.92 bits per heavy atom. The van der Waals surface area contributed by atoms with Crippen molar-refractivity contribution in [1.82, 2.24) is 9.80 Å². The first-order valence-corrected chi connectivity index (χ1v) is 4.72. The van der Waals surface area contributed by atoms with E-state index in [-0.39, 0.29) is 0 Å². The Morgan fingerprint density at radius 1 is 1.33 bits per heavy atom. The molecule has 2 nitrogen and oxygen atoms in total. The van der Waals surface area contributed by atoms with E-state index in [2.05, 4.69) is 30.5 Å². The molecule has 0 radical (unpaired) electrons. The van der Waals surface area contributed by atoms with Crippen molar-refractivity contribution in [3.8, 4) is 0 Å². The van der Waals surface area contributed by atoms with E-state index in [0.717, 1.165) is 0 Å². The maximum Gasteiger partial charge on any atom is 0.0109 e. The van der Waals surface area contributed by atoms with Crippen molar-refractivity contribution < 1.29 is 0 Å². The van der Waals surface area contributed by atoms with Crippen LogP contribution in [0.3, 0.4) is 0 Å². The average molecular weight is 168 g/mol. The van der Waals surface area contributed by atoms with Gasteiger partial charge in [-0.1, -0.05) is 12.2 Å². The lowest BCUT2D eigenvalue weighted by molar-refractivity contribution is 0.228. The first kappa shape index (κ1) is 9.75. The minimum atomic E-state index is 1.17. The van der Waals surface area contributed by atoms with Gasteiger partial charge in [-0.05, 0) is 26.9 Å². The van der Waals surface area contributed by atoms with E-state index in [1.807, 2.05) is 0 Å². The summed E-state index contributed by atoms with van der Waals surface area (Å²) < 4.78 is 0. The maximum atomic E-state index is 4.01. The zero-order valence-corrected chi connectivity index (χ0v) is 8.34. The van der Waals surface area contributed by atoms with Crippen LogP contribution in [0.1, 0.15) is 12.8 Å². The van der Waals surface area contributed by atoms with Gasteiger partial charge in [0, 0.05) is 26.2 Å². The molecule has 1 rings (SSSR count). The van der Waals surface area contributed by atoms with E-state index < -0.39 is 0 Å². The second kappa shape index (κ2) is 4.63. The smallest absolute Gasteiger partial charge is 0.0109 e. The van der Waals surface area contributed by atoms with Crippen LogP contribution in [0.15, 0.2) is 12.2 Å². The van der Waals surface area contributed by atoms with Crippen LogP contribution < -0.4 is 0 Å². The van der Waals surface area contributed by atoms with Crippen LogP contribution in [0.2, 0.25) is 0 Å². The third kappa shape index (κ3) is 3.37. The van der Waals surface area contributed by atoms with Crippen molar-refractivity contribution in [2.75, 3.05) is 40.3 Å².